The van der Waals surface area contributed by atoms with Crippen LogP contribution < -0.4 is 10.6 Å². The average Bonchev–Trinajstić information content (AvgIpc) is 3.83. The monoisotopic (exact) mass is 521 g/mol. The molecule has 0 amide bonds. The fourth-order valence-electron chi connectivity index (χ4n) is 6.21. The van der Waals surface area contributed by atoms with Gasteiger partial charge in [-0.1, -0.05) is 13.2 Å². The lowest BCUT2D eigenvalue weighted by molar-refractivity contribution is 0.0572. The van der Waals surface area contributed by atoms with Crippen molar-refractivity contribution >= 4 is 11.3 Å². The van der Waals surface area contributed by atoms with Crippen molar-refractivity contribution in [3.8, 4) is 0 Å². The minimum Gasteiger partial charge on any atom is -0.388 e. The Labute approximate surface area is 222 Å². The van der Waals surface area contributed by atoms with E-state index < -0.39 is 12.3 Å². The van der Waals surface area contributed by atoms with Crippen LogP contribution in [0.1, 0.15) is 62.2 Å². The summed E-state index contributed by atoms with van der Waals surface area (Å²) in [6, 6.07) is 5.99. The fraction of sp³-hybridized carbons (Fsp3) is 0.552. The minimum atomic E-state index is -2.33. The molecule has 3 aliphatic rings. The standard InChI is InChI=1S/C29H37F2N7/c1-4-37-25(11-12-33-37)18(3)34-28(27(19-5-6-19)20-7-8-20)24-16-38-26(35-24)10-9-23(36-38)14-21-13-22(29(30)31)15-32-17(21)2/h9-12,16,19-22,27-29,32,34H,2-8,13-15H2,1H3. The highest BCUT2D eigenvalue weighted by atomic mass is 19.3. The van der Waals surface area contributed by atoms with E-state index in [9.17, 15) is 8.78 Å². The van der Waals surface area contributed by atoms with Gasteiger partial charge >= 0.3 is 0 Å². The minimum absolute atomic E-state index is 0.0435. The van der Waals surface area contributed by atoms with Gasteiger partial charge in [0.15, 0.2) is 5.65 Å². The van der Waals surface area contributed by atoms with Gasteiger partial charge in [-0.05, 0) is 81.4 Å². The van der Waals surface area contributed by atoms with Crippen molar-refractivity contribution < 1.29 is 8.78 Å². The highest BCUT2D eigenvalue weighted by Gasteiger charge is 2.47. The second-order valence-electron chi connectivity index (χ2n) is 11.3. The summed E-state index contributed by atoms with van der Waals surface area (Å²) in [5.74, 6) is 1.22. The van der Waals surface area contributed by atoms with Gasteiger partial charge in [0.25, 0.3) is 0 Å². The number of halogens is 2. The van der Waals surface area contributed by atoms with E-state index in [1.165, 1.54) is 25.7 Å². The van der Waals surface area contributed by atoms with Gasteiger partial charge in [0.05, 0.1) is 35.0 Å². The van der Waals surface area contributed by atoms with E-state index in [4.69, 9.17) is 10.1 Å². The first kappa shape index (κ1) is 25.1. The third kappa shape index (κ3) is 5.07. The fourth-order valence-corrected chi connectivity index (χ4v) is 6.21. The SMILES string of the molecule is C=C(NC(c1cn2nc(CC3CC(C(F)F)CNC3=C)ccc2n1)C(C1CC1)C1CC1)c1ccnn1CC. The van der Waals surface area contributed by atoms with Crippen LogP contribution in [0.5, 0.6) is 0 Å². The molecule has 0 bridgehead atoms. The van der Waals surface area contributed by atoms with E-state index >= 15 is 0 Å². The second kappa shape index (κ2) is 10.2. The molecule has 1 saturated heterocycles. The predicted octanol–water partition coefficient (Wildman–Crippen LogP) is 5.23. The number of nitrogens with zero attached hydrogens (tertiary/aromatic N) is 5. The Morgan fingerprint density at radius 3 is 2.61 bits per heavy atom. The normalized spacial score (nSPS) is 22.7. The highest BCUT2D eigenvalue weighted by molar-refractivity contribution is 5.59. The van der Waals surface area contributed by atoms with Crippen LogP contribution in [-0.4, -0.2) is 37.3 Å². The van der Waals surface area contributed by atoms with Crippen LogP contribution in [0.2, 0.25) is 0 Å². The van der Waals surface area contributed by atoms with Crippen LogP contribution in [0.3, 0.4) is 0 Å². The Kier molecular flexibility index (Phi) is 6.70. The van der Waals surface area contributed by atoms with Crippen molar-refractivity contribution in [3.05, 3.63) is 66.5 Å². The van der Waals surface area contributed by atoms with Crippen molar-refractivity contribution in [2.24, 2.45) is 29.6 Å². The van der Waals surface area contributed by atoms with Gasteiger partial charge in [-0.25, -0.2) is 18.3 Å². The molecule has 2 N–H and O–H groups in total. The summed E-state index contributed by atoms with van der Waals surface area (Å²) in [5.41, 5.74) is 5.30. The van der Waals surface area contributed by atoms with E-state index in [2.05, 4.69) is 35.8 Å². The lowest BCUT2D eigenvalue weighted by Gasteiger charge is -2.31. The number of imidazole rings is 1. The maximum atomic E-state index is 13.3. The molecular formula is C29H37F2N7. The number of piperidine rings is 1. The van der Waals surface area contributed by atoms with Crippen LogP contribution in [0.15, 0.2) is 49.4 Å². The summed E-state index contributed by atoms with van der Waals surface area (Å²) in [4.78, 5) is 5.01. The predicted molar refractivity (Wildman–Crippen MR) is 143 cm³/mol. The van der Waals surface area contributed by atoms with Crippen molar-refractivity contribution in [3.63, 3.8) is 0 Å². The Morgan fingerprint density at radius 1 is 1.16 bits per heavy atom. The van der Waals surface area contributed by atoms with Gasteiger partial charge in [-0.2, -0.15) is 10.2 Å². The molecule has 9 heteroatoms. The topological polar surface area (TPSA) is 72.1 Å². The van der Waals surface area contributed by atoms with E-state index in [1.807, 2.05) is 39.8 Å². The van der Waals surface area contributed by atoms with Crippen LogP contribution in [0.25, 0.3) is 11.3 Å². The molecular weight excluding hydrogens is 484 g/mol. The molecule has 2 saturated carbocycles. The summed E-state index contributed by atoms with van der Waals surface area (Å²) in [7, 11) is 0. The zero-order chi connectivity index (χ0) is 26.4. The smallest absolute Gasteiger partial charge is 0.243 e. The first-order valence-electron chi connectivity index (χ1n) is 13.9. The van der Waals surface area contributed by atoms with E-state index in [-0.39, 0.29) is 18.5 Å². The third-order valence-corrected chi connectivity index (χ3v) is 8.57. The molecule has 0 radical (unpaired) electrons. The average molecular weight is 522 g/mol. The number of fused-ring (bicyclic) bond motifs is 1. The summed E-state index contributed by atoms with van der Waals surface area (Å²) in [5, 5.41) is 16.1. The molecule has 3 atom stereocenters. The number of alkyl halides is 2. The first-order valence-corrected chi connectivity index (χ1v) is 13.9. The van der Waals surface area contributed by atoms with Crippen molar-refractivity contribution in [2.45, 2.75) is 64.5 Å². The Hall–Kier alpha value is -3.23. The quantitative estimate of drug-likeness (QED) is 0.362. The zero-order valence-corrected chi connectivity index (χ0v) is 22.0. The Bertz CT molecular complexity index is 1310. The van der Waals surface area contributed by atoms with Gasteiger partial charge in [0.1, 0.15) is 0 Å². The number of hydrogen-bond acceptors (Lipinski definition) is 5. The van der Waals surface area contributed by atoms with E-state index in [0.717, 1.165) is 40.7 Å². The van der Waals surface area contributed by atoms with Crippen LogP contribution >= 0.6 is 0 Å². The highest BCUT2D eigenvalue weighted by Crippen LogP contribution is 2.54. The number of allylic oxidation sites excluding steroid dienone is 1. The first-order chi connectivity index (χ1) is 18.4. The summed E-state index contributed by atoms with van der Waals surface area (Å²) in [6.07, 6.45) is 7.61. The second-order valence-corrected chi connectivity index (χ2v) is 11.3. The van der Waals surface area contributed by atoms with Crippen molar-refractivity contribution in [1.29, 1.82) is 0 Å². The summed E-state index contributed by atoms with van der Waals surface area (Å²) in [6.45, 7) is 11.6. The number of rotatable bonds is 11. The molecule has 3 aromatic rings. The molecule has 3 unspecified atom stereocenters. The molecule has 1 aliphatic heterocycles. The van der Waals surface area contributed by atoms with Gasteiger partial charge < -0.3 is 10.6 Å². The van der Waals surface area contributed by atoms with Gasteiger partial charge in [0, 0.05) is 36.8 Å². The number of aryl methyl sites for hydroxylation is 1. The molecule has 6 rings (SSSR count). The maximum Gasteiger partial charge on any atom is 0.243 e. The summed E-state index contributed by atoms with van der Waals surface area (Å²) < 4.78 is 30.5. The molecule has 38 heavy (non-hydrogen) atoms. The molecule has 4 heterocycles. The molecule has 0 aromatic carbocycles. The van der Waals surface area contributed by atoms with Crippen LogP contribution in [0.4, 0.5) is 8.78 Å². The van der Waals surface area contributed by atoms with Crippen LogP contribution in [0, 0.1) is 29.6 Å². The molecule has 7 nitrogen and oxygen atoms in total. The number of aromatic nitrogens is 5. The summed E-state index contributed by atoms with van der Waals surface area (Å²) >= 11 is 0. The molecule has 3 aromatic heterocycles. The van der Waals surface area contributed by atoms with Gasteiger partial charge in [-0.15, -0.1) is 0 Å². The van der Waals surface area contributed by atoms with E-state index in [0.29, 0.717) is 30.6 Å². The lowest BCUT2D eigenvalue weighted by atomic mass is 9.85. The number of nitrogens with one attached hydrogen (secondary N) is 2. The van der Waals surface area contributed by atoms with Gasteiger partial charge in [0.2, 0.25) is 6.43 Å². The van der Waals surface area contributed by atoms with Gasteiger partial charge in [-0.3, -0.25) is 4.68 Å². The Morgan fingerprint density at radius 2 is 1.92 bits per heavy atom. The molecule has 3 fully saturated rings. The van der Waals surface area contributed by atoms with Crippen LogP contribution in [-0.2, 0) is 13.0 Å². The van der Waals surface area contributed by atoms with Crippen molar-refractivity contribution in [1.82, 2.24) is 35.0 Å². The Balaban J connectivity index is 1.27. The zero-order valence-electron chi connectivity index (χ0n) is 22.0. The largest absolute Gasteiger partial charge is 0.388 e. The van der Waals surface area contributed by atoms with Crippen molar-refractivity contribution in [2.75, 3.05) is 6.54 Å². The van der Waals surface area contributed by atoms with E-state index in [1.54, 1.807) is 0 Å². The third-order valence-electron chi connectivity index (χ3n) is 8.57. The maximum absolute atomic E-state index is 13.3. The molecule has 202 valence electrons. The molecule has 0 spiro atoms. The molecule has 2 aliphatic carbocycles. The number of hydrogen-bond donors (Lipinski definition) is 2. The lowest BCUT2D eigenvalue weighted by Crippen LogP contribution is -2.38.